The highest BCUT2D eigenvalue weighted by molar-refractivity contribution is 6.36. The van der Waals surface area contributed by atoms with Crippen molar-refractivity contribution in [1.29, 1.82) is 0 Å². The third-order valence-corrected chi connectivity index (χ3v) is 4.38. The van der Waals surface area contributed by atoms with E-state index in [1.165, 1.54) is 23.3 Å². The Kier molecular flexibility index (Phi) is 5.26. The molecule has 0 aliphatic rings. The zero-order chi connectivity index (χ0) is 15.6. The molecule has 112 valence electrons. The van der Waals surface area contributed by atoms with Gasteiger partial charge in [0, 0.05) is 22.7 Å². The quantitative estimate of drug-likeness (QED) is 0.695. The predicted octanol–water partition coefficient (Wildman–Crippen LogP) is 5.85. The molecule has 0 saturated heterocycles. The van der Waals surface area contributed by atoms with Gasteiger partial charge in [0.15, 0.2) is 0 Å². The fourth-order valence-electron chi connectivity index (χ4n) is 2.56. The zero-order valence-electron chi connectivity index (χ0n) is 12.3. The molecule has 0 aliphatic carbocycles. The van der Waals surface area contributed by atoms with Crippen molar-refractivity contribution in [1.82, 2.24) is 5.32 Å². The van der Waals surface area contributed by atoms with Crippen LogP contribution in [0.4, 0.5) is 4.39 Å². The molecular formula is C17H18Cl2FN. The summed E-state index contributed by atoms with van der Waals surface area (Å²) in [5.41, 5.74) is 3.01. The van der Waals surface area contributed by atoms with Crippen LogP contribution < -0.4 is 5.32 Å². The maximum absolute atomic E-state index is 13.6. The fraction of sp³-hybridized carbons (Fsp3) is 0.294. The molecule has 0 aromatic heterocycles. The van der Waals surface area contributed by atoms with Crippen LogP contribution >= 0.6 is 23.2 Å². The lowest BCUT2D eigenvalue weighted by atomic mass is 10.0. The summed E-state index contributed by atoms with van der Waals surface area (Å²) in [6, 6.07) is 10.9. The minimum Gasteiger partial charge on any atom is -0.304 e. The van der Waals surface area contributed by atoms with Gasteiger partial charge in [-0.2, -0.15) is 0 Å². The molecule has 0 saturated carbocycles. The van der Waals surface area contributed by atoms with Crippen molar-refractivity contribution < 1.29 is 4.39 Å². The van der Waals surface area contributed by atoms with Gasteiger partial charge in [-0.3, -0.25) is 0 Å². The van der Waals surface area contributed by atoms with Crippen molar-refractivity contribution in [3.8, 4) is 0 Å². The largest absolute Gasteiger partial charge is 0.304 e. The smallest absolute Gasteiger partial charge is 0.142 e. The van der Waals surface area contributed by atoms with E-state index >= 15 is 0 Å². The summed E-state index contributed by atoms with van der Waals surface area (Å²) in [6.45, 7) is 6.07. The number of hydrogen-bond acceptors (Lipinski definition) is 1. The summed E-state index contributed by atoms with van der Waals surface area (Å²) >= 11 is 12.2. The molecule has 0 bridgehead atoms. The van der Waals surface area contributed by atoms with Crippen LogP contribution in [0.3, 0.4) is 0 Å². The van der Waals surface area contributed by atoms with E-state index in [1.807, 2.05) is 19.1 Å². The van der Waals surface area contributed by atoms with E-state index in [9.17, 15) is 4.39 Å². The number of halogens is 3. The maximum atomic E-state index is 13.6. The van der Waals surface area contributed by atoms with E-state index in [1.54, 1.807) is 0 Å². The Morgan fingerprint density at radius 1 is 1.00 bits per heavy atom. The van der Waals surface area contributed by atoms with Gasteiger partial charge in [0.05, 0.1) is 5.02 Å². The first-order valence-corrected chi connectivity index (χ1v) is 7.62. The van der Waals surface area contributed by atoms with Gasteiger partial charge in [-0.1, -0.05) is 47.5 Å². The van der Waals surface area contributed by atoms with Gasteiger partial charge < -0.3 is 5.32 Å². The molecule has 1 nitrogen and oxygen atoms in total. The number of aryl methyl sites for hydroxylation is 1. The molecule has 2 rings (SSSR count). The minimum absolute atomic E-state index is 0.0829. The highest BCUT2D eigenvalue weighted by atomic mass is 35.5. The maximum Gasteiger partial charge on any atom is 0.142 e. The van der Waals surface area contributed by atoms with Crippen molar-refractivity contribution >= 4 is 23.2 Å². The Morgan fingerprint density at radius 3 is 2.33 bits per heavy atom. The summed E-state index contributed by atoms with van der Waals surface area (Å²) in [5.74, 6) is -0.451. The van der Waals surface area contributed by atoms with E-state index < -0.39 is 5.82 Å². The second kappa shape index (κ2) is 6.78. The van der Waals surface area contributed by atoms with Crippen molar-refractivity contribution in [2.45, 2.75) is 32.9 Å². The van der Waals surface area contributed by atoms with Crippen molar-refractivity contribution in [2.24, 2.45) is 0 Å². The normalized spacial score (nSPS) is 14.0. The Labute approximate surface area is 135 Å². The summed E-state index contributed by atoms with van der Waals surface area (Å²) in [7, 11) is 0. The van der Waals surface area contributed by atoms with E-state index in [2.05, 4.69) is 31.3 Å². The third-order valence-electron chi connectivity index (χ3n) is 3.67. The highest BCUT2D eigenvalue weighted by Crippen LogP contribution is 2.33. The molecule has 21 heavy (non-hydrogen) atoms. The van der Waals surface area contributed by atoms with Gasteiger partial charge in [-0.25, -0.2) is 4.39 Å². The van der Waals surface area contributed by atoms with Crippen molar-refractivity contribution in [3.63, 3.8) is 0 Å². The van der Waals surface area contributed by atoms with Gasteiger partial charge >= 0.3 is 0 Å². The summed E-state index contributed by atoms with van der Waals surface area (Å²) in [5, 5.41) is 3.98. The molecule has 0 radical (unpaired) electrons. The molecule has 0 heterocycles. The molecule has 1 N–H and O–H groups in total. The molecule has 0 spiro atoms. The Balaban J connectivity index is 2.25. The third kappa shape index (κ3) is 3.57. The first kappa shape index (κ1) is 16.3. The lowest BCUT2D eigenvalue weighted by Crippen LogP contribution is -2.23. The lowest BCUT2D eigenvalue weighted by molar-refractivity contribution is 0.491. The van der Waals surface area contributed by atoms with E-state index in [0.29, 0.717) is 10.6 Å². The number of hydrogen-bond donors (Lipinski definition) is 1. The van der Waals surface area contributed by atoms with Crippen LogP contribution in [0.15, 0.2) is 36.4 Å². The van der Waals surface area contributed by atoms with Crippen LogP contribution in [-0.2, 0) is 0 Å². The summed E-state index contributed by atoms with van der Waals surface area (Å²) < 4.78 is 13.6. The van der Waals surface area contributed by atoms with Gasteiger partial charge in [0.2, 0.25) is 0 Å². The monoisotopic (exact) mass is 325 g/mol. The van der Waals surface area contributed by atoms with Crippen molar-refractivity contribution in [2.75, 3.05) is 0 Å². The minimum atomic E-state index is -0.451. The molecule has 4 heteroatoms. The Hall–Kier alpha value is -1.09. The van der Waals surface area contributed by atoms with Crippen LogP contribution in [0.2, 0.25) is 10.0 Å². The predicted molar refractivity (Wildman–Crippen MR) is 87.6 cm³/mol. The first-order valence-electron chi connectivity index (χ1n) is 6.86. The molecule has 0 fully saturated rings. The molecular weight excluding hydrogens is 308 g/mol. The molecule has 2 aromatic carbocycles. The van der Waals surface area contributed by atoms with Crippen LogP contribution in [0.1, 0.15) is 42.6 Å². The SMILES string of the molecule is Cc1ccccc1[C@@H](C)NC(C)c1c(Cl)ccc(F)c1Cl. The molecule has 0 amide bonds. The Bertz CT molecular complexity index is 643. The fourth-order valence-corrected chi connectivity index (χ4v) is 3.26. The molecule has 0 aliphatic heterocycles. The first-order chi connectivity index (χ1) is 9.91. The number of nitrogens with one attached hydrogen (secondary N) is 1. The lowest BCUT2D eigenvalue weighted by Gasteiger charge is -2.23. The number of rotatable bonds is 4. The summed E-state index contributed by atoms with van der Waals surface area (Å²) in [6.07, 6.45) is 0. The number of benzene rings is 2. The zero-order valence-corrected chi connectivity index (χ0v) is 13.8. The average Bonchev–Trinajstić information content (AvgIpc) is 2.43. The standard InChI is InChI=1S/C17H18Cl2FN/c1-10-6-4-5-7-13(10)11(2)21-12(3)16-14(18)8-9-15(20)17(16)19/h4-9,11-12,21H,1-3H3/t11-,12?/m1/s1. The topological polar surface area (TPSA) is 12.0 Å². The van der Waals surface area contributed by atoms with E-state index in [4.69, 9.17) is 23.2 Å². The van der Waals surface area contributed by atoms with Gasteiger partial charge in [0.1, 0.15) is 5.82 Å². The van der Waals surface area contributed by atoms with Crippen LogP contribution in [0.25, 0.3) is 0 Å². The van der Waals surface area contributed by atoms with Crippen molar-refractivity contribution in [3.05, 3.63) is 69.0 Å². The van der Waals surface area contributed by atoms with Crippen LogP contribution in [-0.4, -0.2) is 0 Å². The van der Waals surface area contributed by atoms with E-state index in [0.717, 1.165) is 0 Å². The molecule has 2 aromatic rings. The molecule has 2 atom stereocenters. The van der Waals surface area contributed by atoms with E-state index in [-0.39, 0.29) is 17.1 Å². The molecule has 1 unspecified atom stereocenters. The van der Waals surface area contributed by atoms with Gasteiger partial charge in [0.25, 0.3) is 0 Å². The second-order valence-corrected chi connectivity index (χ2v) is 6.01. The highest BCUT2D eigenvalue weighted by Gasteiger charge is 2.19. The van der Waals surface area contributed by atoms with Gasteiger partial charge in [-0.05, 0) is 44.0 Å². The Morgan fingerprint density at radius 2 is 1.67 bits per heavy atom. The average molecular weight is 326 g/mol. The van der Waals surface area contributed by atoms with Crippen LogP contribution in [0, 0.1) is 12.7 Å². The van der Waals surface area contributed by atoms with Gasteiger partial charge in [-0.15, -0.1) is 0 Å². The van der Waals surface area contributed by atoms with Crippen LogP contribution in [0.5, 0.6) is 0 Å². The summed E-state index contributed by atoms with van der Waals surface area (Å²) in [4.78, 5) is 0. The second-order valence-electron chi connectivity index (χ2n) is 5.22.